The van der Waals surface area contributed by atoms with Crippen LogP contribution >= 0.6 is 23.4 Å². The highest BCUT2D eigenvalue weighted by Gasteiger charge is 2.16. The van der Waals surface area contributed by atoms with Crippen LogP contribution in [0.1, 0.15) is 17.7 Å². The molecule has 0 atom stereocenters. The van der Waals surface area contributed by atoms with Crippen LogP contribution in [-0.2, 0) is 5.75 Å². The largest absolute Gasteiger partial charge is 0.489 e. The summed E-state index contributed by atoms with van der Waals surface area (Å²) < 4.78 is 11.3. The normalized spacial score (nSPS) is 13.7. The van der Waals surface area contributed by atoms with Crippen LogP contribution in [0.4, 0.5) is 5.82 Å². The molecule has 2 N–H and O–H groups in total. The first-order chi connectivity index (χ1) is 10.6. The summed E-state index contributed by atoms with van der Waals surface area (Å²) in [4.78, 5) is 8.57. The molecule has 0 aliphatic carbocycles. The van der Waals surface area contributed by atoms with Crippen LogP contribution in [0.3, 0.4) is 0 Å². The molecule has 22 heavy (non-hydrogen) atoms. The number of benzene rings is 1. The Kier molecular flexibility index (Phi) is 4.59. The Morgan fingerprint density at radius 2 is 2.05 bits per heavy atom. The minimum Gasteiger partial charge on any atom is -0.489 e. The second kappa shape index (κ2) is 6.62. The molecule has 2 heterocycles. The number of ether oxygens (including phenoxy) is 2. The Morgan fingerprint density at radius 1 is 1.23 bits per heavy atom. The maximum absolute atomic E-state index is 6.29. The van der Waals surface area contributed by atoms with Crippen molar-refractivity contribution in [3.8, 4) is 11.5 Å². The first-order valence-electron chi connectivity index (χ1n) is 6.94. The second-order valence-corrected chi connectivity index (χ2v) is 6.31. The Bertz CT molecular complexity index is 676. The number of thioether (sulfide) groups is 1. The molecule has 0 fully saturated rings. The van der Waals surface area contributed by atoms with E-state index in [0.29, 0.717) is 46.5 Å². The number of hydrogen-bond donors (Lipinski definition) is 1. The van der Waals surface area contributed by atoms with E-state index in [-0.39, 0.29) is 0 Å². The highest BCUT2D eigenvalue weighted by Crippen LogP contribution is 2.39. The van der Waals surface area contributed by atoms with Crippen LogP contribution in [0.25, 0.3) is 0 Å². The second-order valence-electron chi connectivity index (χ2n) is 4.96. The van der Waals surface area contributed by atoms with E-state index < -0.39 is 0 Å². The van der Waals surface area contributed by atoms with Crippen molar-refractivity contribution in [1.82, 2.24) is 9.97 Å². The highest BCUT2D eigenvalue weighted by atomic mass is 35.5. The molecule has 0 bridgehead atoms. The van der Waals surface area contributed by atoms with Crippen LogP contribution in [0.2, 0.25) is 5.02 Å². The lowest BCUT2D eigenvalue weighted by atomic mass is 10.2. The summed E-state index contributed by atoms with van der Waals surface area (Å²) in [6.45, 7) is 3.15. The first kappa shape index (κ1) is 15.2. The fourth-order valence-electron chi connectivity index (χ4n) is 2.14. The molecular weight excluding hydrogens is 322 g/mol. The Morgan fingerprint density at radius 3 is 2.86 bits per heavy atom. The molecule has 1 aromatic heterocycles. The molecule has 0 amide bonds. The molecule has 5 nitrogen and oxygen atoms in total. The van der Waals surface area contributed by atoms with Crippen molar-refractivity contribution in [2.45, 2.75) is 24.3 Å². The Hall–Kier alpha value is -1.66. The molecule has 0 saturated carbocycles. The van der Waals surface area contributed by atoms with Gasteiger partial charge in [0, 0.05) is 23.9 Å². The number of anilines is 1. The average Bonchev–Trinajstić information content (AvgIpc) is 2.70. The number of fused-ring (bicyclic) bond motifs is 1. The molecule has 0 spiro atoms. The van der Waals surface area contributed by atoms with E-state index in [1.165, 1.54) is 11.8 Å². The average molecular weight is 338 g/mol. The third kappa shape index (κ3) is 3.56. The molecule has 7 heteroatoms. The van der Waals surface area contributed by atoms with Gasteiger partial charge in [-0.3, -0.25) is 0 Å². The summed E-state index contributed by atoms with van der Waals surface area (Å²) in [5.74, 6) is 2.49. The molecule has 1 aliphatic heterocycles. The third-order valence-corrected chi connectivity index (χ3v) is 4.28. The summed E-state index contributed by atoms with van der Waals surface area (Å²) >= 11 is 7.80. The van der Waals surface area contributed by atoms with Crippen molar-refractivity contribution in [3.63, 3.8) is 0 Å². The van der Waals surface area contributed by atoms with E-state index in [0.717, 1.165) is 17.7 Å². The predicted octanol–water partition coefficient (Wildman–Crippen LogP) is 3.47. The molecule has 116 valence electrons. The summed E-state index contributed by atoms with van der Waals surface area (Å²) in [5, 5.41) is 1.22. The number of hydrogen-bond acceptors (Lipinski definition) is 6. The zero-order chi connectivity index (χ0) is 15.5. The van der Waals surface area contributed by atoms with Crippen LogP contribution in [0, 0.1) is 6.92 Å². The Labute approximate surface area is 138 Å². The zero-order valence-corrected chi connectivity index (χ0v) is 13.7. The van der Waals surface area contributed by atoms with Gasteiger partial charge in [-0.2, -0.15) is 0 Å². The van der Waals surface area contributed by atoms with Crippen molar-refractivity contribution >= 4 is 29.2 Å². The summed E-state index contributed by atoms with van der Waals surface area (Å²) in [6, 6.07) is 5.59. The van der Waals surface area contributed by atoms with E-state index in [9.17, 15) is 0 Å². The van der Waals surface area contributed by atoms with Crippen molar-refractivity contribution in [2.75, 3.05) is 18.9 Å². The summed E-state index contributed by atoms with van der Waals surface area (Å²) in [5.41, 5.74) is 7.62. The van der Waals surface area contributed by atoms with E-state index in [4.69, 9.17) is 26.8 Å². The molecular formula is C15H16ClN3O2S. The van der Waals surface area contributed by atoms with Gasteiger partial charge in [0.1, 0.15) is 5.82 Å². The maximum Gasteiger partial charge on any atom is 0.190 e. The number of nitrogens with two attached hydrogens (primary N) is 1. The van der Waals surface area contributed by atoms with Gasteiger partial charge in [-0.15, -0.1) is 0 Å². The van der Waals surface area contributed by atoms with Gasteiger partial charge < -0.3 is 15.2 Å². The number of aromatic nitrogens is 2. The molecule has 0 radical (unpaired) electrons. The summed E-state index contributed by atoms with van der Waals surface area (Å²) in [7, 11) is 0. The molecule has 0 saturated heterocycles. The van der Waals surface area contributed by atoms with Gasteiger partial charge in [-0.25, -0.2) is 9.97 Å². The van der Waals surface area contributed by atoms with Crippen molar-refractivity contribution in [1.29, 1.82) is 0 Å². The fourth-order valence-corrected chi connectivity index (χ4v) is 3.27. The lowest BCUT2D eigenvalue weighted by molar-refractivity contribution is 0.297. The lowest BCUT2D eigenvalue weighted by Crippen LogP contribution is -1.97. The molecule has 0 unspecified atom stereocenters. The van der Waals surface area contributed by atoms with E-state index in [1.807, 2.05) is 19.1 Å². The first-order valence-corrected chi connectivity index (χ1v) is 8.30. The molecule has 1 aromatic carbocycles. The van der Waals surface area contributed by atoms with Crippen LogP contribution in [0.15, 0.2) is 23.4 Å². The van der Waals surface area contributed by atoms with Gasteiger partial charge in [0.25, 0.3) is 0 Å². The fraction of sp³-hybridized carbons (Fsp3) is 0.333. The Balaban J connectivity index is 1.78. The van der Waals surface area contributed by atoms with Gasteiger partial charge in [-0.1, -0.05) is 23.4 Å². The zero-order valence-electron chi connectivity index (χ0n) is 12.1. The predicted molar refractivity (Wildman–Crippen MR) is 87.8 cm³/mol. The quantitative estimate of drug-likeness (QED) is 0.683. The van der Waals surface area contributed by atoms with Gasteiger partial charge in [0.2, 0.25) is 0 Å². The standard InChI is InChI=1S/C15H16ClN3O2S/c1-9-5-13(17)19-15(18-9)22-8-10-6-11(16)14-12(7-10)20-3-2-4-21-14/h5-7H,2-4,8H2,1H3,(H2,17,18,19). The van der Waals surface area contributed by atoms with E-state index in [2.05, 4.69) is 9.97 Å². The van der Waals surface area contributed by atoms with Gasteiger partial charge in [0.05, 0.1) is 18.2 Å². The third-order valence-electron chi connectivity index (χ3n) is 3.08. The topological polar surface area (TPSA) is 70.3 Å². The number of aryl methyl sites for hydroxylation is 1. The molecule has 3 rings (SSSR count). The minimum atomic E-state index is 0.478. The minimum absolute atomic E-state index is 0.478. The number of halogens is 1. The van der Waals surface area contributed by atoms with Crippen molar-refractivity contribution in [2.24, 2.45) is 0 Å². The van der Waals surface area contributed by atoms with E-state index in [1.54, 1.807) is 6.07 Å². The highest BCUT2D eigenvalue weighted by molar-refractivity contribution is 7.98. The molecule has 2 aromatic rings. The van der Waals surface area contributed by atoms with Crippen molar-refractivity contribution in [3.05, 3.63) is 34.5 Å². The summed E-state index contributed by atoms with van der Waals surface area (Å²) in [6.07, 6.45) is 0.853. The van der Waals surface area contributed by atoms with Gasteiger partial charge in [0.15, 0.2) is 16.7 Å². The lowest BCUT2D eigenvalue weighted by Gasteiger charge is -2.11. The van der Waals surface area contributed by atoms with Crippen LogP contribution in [0.5, 0.6) is 11.5 Å². The molecule has 1 aliphatic rings. The van der Waals surface area contributed by atoms with E-state index >= 15 is 0 Å². The SMILES string of the molecule is Cc1cc(N)nc(SCc2cc(Cl)c3c(c2)OCCCO3)n1. The van der Waals surface area contributed by atoms with Crippen molar-refractivity contribution < 1.29 is 9.47 Å². The monoisotopic (exact) mass is 337 g/mol. The number of rotatable bonds is 3. The van der Waals surface area contributed by atoms with Crippen LogP contribution < -0.4 is 15.2 Å². The van der Waals surface area contributed by atoms with Crippen LogP contribution in [-0.4, -0.2) is 23.2 Å². The smallest absolute Gasteiger partial charge is 0.190 e. The maximum atomic E-state index is 6.29. The van der Waals surface area contributed by atoms with Gasteiger partial charge in [-0.05, 0) is 24.6 Å². The number of nitrogens with zero attached hydrogens (tertiary/aromatic N) is 2. The number of nitrogen functional groups attached to an aromatic ring is 1. The van der Waals surface area contributed by atoms with Gasteiger partial charge >= 0.3 is 0 Å².